The number of nitrogens with one attached hydrogen (secondary N) is 1. The highest BCUT2D eigenvalue weighted by molar-refractivity contribution is 5.79. The Morgan fingerprint density at radius 2 is 2.04 bits per heavy atom. The van der Waals surface area contributed by atoms with Crippen LogP contribution >= 0.6 is 0 Å². The molecule has 2 N–H and O–H groups in total. The quantitative estimate of drug-likeness (QED) is 0.279. The molecule has 140 valence electrons. The minimum absolute atomic E-state index is 0.329. The Balaban J connectivity index is 2.55. The molecule has 0 heterocycles. The minimum Gasteiger partial charge on any atom is -0.497 e. The maximum atomic E-state index is 10.4. The van der Waals surface area contributed by atoms with E-state index in [1.165, 1.54) is 12.8 Å². The summed E-state index contributed by atoms with van der Waals surface area (Å²) in [5.41, 5.74) is 0.840. The van der Waals surface area contributed by atoms with E-state index in [9.17, 15) is 5.11 Å². The number of guanidine groups is 1. The summed E-state index contributed by atoms with van der Waals surface area (Å²) in [5.74, 6) is 1.61. The summed E-state index contributed by atoms with van der Waals surface area (Å²) in [4.78, 5) is 6.70. The fraction of sp³-hybridized carbons (Fsp3) is 0.550. The number of aliphatic hydroxyl groups is 1. The maximum Gasteiger partial charge on any atom is 0.193 e. The third kappa shape index (κ3) is 8.07. The molecule has 0 bridgehead atoms. The fourth-order valence-electron chi connectivity index (χ4n) is 2.49. The summed E-state index contributed by atoms with van der Waals surface area (Å²) in [7, 11) is 3.67. The van der Waals surface area contributed by atoms with E-state index in [1.807, 2.05) is 44.3 Å². The lowest BCUT2D eigenvalue weighted by Crippen LogP contribution is -2.39. The van der Waals surface area contributed by atoms with E-state index < -0.39 is 6.10 Å². The Morgan fingerprint density at radius 1 is 1.32 bits per heavy atom. The van der Waals surface area contributed by atoms with Crippen molar-refractivity contribution < 1.29 is 9.84 Å². The first kappa shape index (κ1) is 21.0. The van der Waals surface area contributed by atoms with Crippen molar-refractivity contribution in [2.24, 2.45) is 4.99 Å². The van der Waals surface area contributed by atoms with Crippen molar-refractivity contribution in [1.29, 1.82) is 0 Å². The summed E-state index contributed by atoms with van der Waals surface area (Å²) in [6.45, 7) is 7.88. The minimum atomic E-state index is -0.624. The summed E-state index contributed by atoms with van der Waals surface area (Å²) in [6.07, 6.45) is 5.91. The SMILES string of the molecule is C=CCCCCCN(C)C(=NCC(O)c1ccc(OC)cc1)NCC. The zero-order chi connectivity index (χ0) is 18.5. The van der Waals surface area contributed by atoms with Crippen molar-refractivity contribution in [3.63, 3.8) is 0 Å². The number of allylic oxidation sites excluding steroid dienone is 1. The predicted molar refractivity (Wildman–Crippen MR) is 105 cm³/mol. The first-order valence-corrected chi connectivity index (χ1v) is 9.04. The Morgan fingerprint density at radius 3 is 2.64 bits per heavy atom. The van der Waals surface area contributed by atoms with E-state index in [4.69, 9.17) is 4.74 Å². The molecule has 1 rings (SSSR count). The Hall–Kier alpha value is -2.01. The molecule has 0 radical (unpaired) electrons. The summed E-state index contributed by atoms with van der Waals surface area (Å²) >= 11 is 0. The van der Waals surface area contributed by atoms with Crippen LogP contribution in [-0.4, -0.2) is 49.8 Å². The molecular formula is C20H33N3O2. The average Bonchev–Trinajstić information content (AvgIpc) is 2.64. The van der Waals surface area contributed by atoms with Crippen molar-refractivity contribution in [3.8, 4) is 5.75 Å². The van der Waals surface area contributed by atoms with Gasteiger partial charge in [0, 0.05) is 20.1 Å². The molecule has 0 amide bonds. The standard InChI is InChI=1S/C20H33N3O2/c1-5-7-8-9-10-15-23(3)20(21-6-2)22-16-19(24)17-11-13-18(25-4)14-12-17/h5,11-14,19,24H,1,6-10,15-16H2,2-4H3,(H,21,22). The van der Waals surface area contributed by atoms with Crippen molar-refractivity contribution >= 4 is 5.96 Å². The number of hydrogen-bond donors (Lipinski definition) is 2. The Bertz CT molecular complexity index is 514. The van der Waals surface area contributed by atoms with E-state index in [1.54, 1.807) is 7.11 Å². The lowest BCUT2D eigenvalue weighted by molar-refractivity contribution is 0.186. The number of unbranched alkanes of at least 4 members (excludes halogenated alkanes) is 3. The Kier molecular flexibility index (Phi) is 10.4. The second kappa shape index (κ2) is 12.4. The molecular weight excluding hydrogens is 314 g/mol. The van der Waals surface area contributed by atoms with E-state index in [2.05, 4.69) is 21.8 Å². The number of aliphatic imine (C=N–C) groups is 1. The molecule has 0 aromatic heterocycles. The molecule has 1 aromatic carbocycles. The van der Waals surface area contributed by atoms with Gasteiger partial charge in [-0.1, -0.05) is 24.6 Å². The van der Waals surface area contributed by atoms with Gasteiger partial charge in [-0.25, -0.2) is 0 Å². The van der Waals surface area contributed by atoms with Gasteiger partial charge < -0.3 is 20.1 Å². The first-order valence-electron chi connectivity index (χ1n) is 9.04. The topological polar surface area (TPSA) is 57.1 Å². The smallest absolute Gasteiger partial charge is 0.193 e. The normalized spacial score (nSPS) is 12.6. The largest absolute Gasteiger partial charge is 0.497 e. The van der Waals surface area contributed by atoms with Gasteiger partial charge >= 0.3 is 0 Å². The summed E-state index contributed by atoms with van der Waals surface area (Å²) in [5, 5.41) is 13.6. The predicted octanol–water partition coefficient (Wildman–Crippen LogP) is 3.37. The highest BCUT2D eigenvalue weighted by atomic mass is 16.5. The van der Waals surface area contributed by atoms with Crippen LogP contribution in [0.2, 0.25) is 0 Å². The van der Waals surface area contributed by atoms with Crippen LogP contribution in [0.4, 0.5) is 0 Å². The van der Waals surface area contributed by atoms with Crippen LogP contribution in [0.3, 0.4) is 0 Å². The highest BCUT2D eigenvalue weighted by Crippen LogP contribution is 2.17. The molecule has 1 atom stereocenters. The van der Waals surface area contributed by atoms with Gasteiger partial charge in [0.25, 0.3) is 0 Å². The lowest BCUT2D eigenvalue weighted by atomic mass is 10.1. The highest BCUT2D eigenvalue weighted by Gasteiger charge is 2.10. The van der Waals surface area contributed by atoms with Crippen molar-refractivity contribution in [3.05, 3.63) is 42.5 Å². The maximum absolute atomic E-state index is 10.4. The molecule has 1 unspecified atom stereocenters. The molecule has 0 aliphatic rings. The summed E-state index contributed by atoms with van der Waals surface area (Å²) < 4.78 is 5.14. The number of aliphatic hydroxyl groups excluding tert-OH is 1. The first-order chi connectivity index (χ1) is 12.1. The molecule has 1 aromatic rings. The molecule has 5 heteroatoms. The molecule has 5 nitrogen and oxygen atoms in total. The fourth-order valence-corrected chi connectivity index (χ4v) is 2.49. The lowest BCUT2D eigenvalue weighted by Gasteiger charge is -2.22. The van der Waals surface area contributed by atoms with Gasteiger partial charge in [-0.2, -0.15) is 0 Å². The van der Waals surface area contributed by atoms with Gasteiger partial charge in [0.1, 0.15) is 5.75 Å². The van der Waals surface area contributed by atoms with Crippen LogP contribution in [0.5, 0.6) is 5.75 Å². The second-order valence-electron chi connectivity index (χ2n) is 6.04. The molecule has 0 aliphatic heterocycles. The van der Waals surface area contributed by atoms with Crippen LogP contribution in [0.25, 0.3) is 0 Å². The molecule has 0 saturated carbocycles. The number of methoxy groups -OCH3 is 1. The zero-order valence-electron chi connectivity index (χ0n) is 15.9. The molecule has 0 aliphatic carbocycles. The van der Waals surface area contributed by atoms with Crippen LogP contribution in [-0.2, 0) is 0 Å². The van der Waals surface area contributed by atoms with E-state index in [-0.39, 0.29) is 0 Å². The number of hydrogen-bond acceptors (Lipinski definition) is 3. The van der Waals surface area contributed by atoms with Gasteiger partial charge in [-0.15, -0.1) is 6.58 Å². The zero-order valence-corrected chi connectivity index (χ0v) is 15.9. The molecule has 0 saturated heterocycles. The van der Waals surface area contributed by atoms with Gasteiger partial charge in [0.15, 0.2) is 5.96 Å². The average molecular weight is 348 g/mol. The van der Waals surface area contributed by atoms with Crippen molar-refractivity contribution in [2.75, 3.05) is 33.8 Å². The second-order valence-corrected chi connectivity index (χ2v) is 6.04. The van der Waals surface area contributed by atoms with Gasteiger partial charge in [-0.05, 0) is 43.9 Å². The van der Waals surface area contributed by atoms with Crippen LogP contribution in [0.15, 0.2) is 41.9 Å². The van der Waals surface area contributed by atoms with E-state index in [0.29, 0.717) is 6.54 Å². The number of rotatable bonds is 11. The van der Waals surface area contributed by atoms with Crippen molar-refractivity contribution in [1.82, 2.24) is 10.2 Å². The number of ether oxygens (including phenoxy) is 1. The van der Waals surface area contributed by atoms with Gasteiger partial charge in [0.05, 0.1) is 19.8 Å². The monoisotopic (exact) mass is 347 g/mol. The molecule has 0 spiro atoms. The van der Waals surface area contributed by atoms with E-state index in [0.717, 1.165) is 43.2 Å². The van der Waals surface area contributed by atoms with Crippen LogP contribution < -0.4 is 10.1 Å². The van der Waals surface area contributed by atoms with Crippen LogP contribution in [0, 0.1) is 0 Å². The Labute approximate surface area is 152 Å². The number of nitrogens with zero attached hydrogens (tertiary/aromatic N) is 2. The van der Waals surface area contributed by atoms with Gasteiger partial charge in [-0.3, -0.25) is 4.99 Å². The van der Waals surface area contributed by atoms with Crippen LogP contribution in [0.1, 0.15) is 44.3 Å². The summed E-state index contributed by atoms with van der Waals surface area (Å²) in [6, 6.07) is 7.44. The van der Waals surface area contributed by atoms with E-state index >= 15 is 0 Å². The van der Waals surface area contributed by atoms with Gasteiger partial charge in [0.2, 0.25) is 0 Å². The molecule has 0 fully saturated rings. The molecule has 25 heavy (non-hydrogen) atoms. The van der Waals surface area contributed by atoms with Crippen molar-refractivity contribution in [2.45, 2.75) is 38.7 Å². The third-order valence-electron chi connectivity index (χ3n) is 4.01. The third-order valence-corrected chi connectivity index (χ3v) is 4.01. The number of benzene rings is 1.